The molecule has 0 heterocycles. The molecule has 19 heavy (non-hydrogen) atoms. The number of para-hydroxylation sites is 1. The molecule has 0 spiro atoms. The van der Waals surface area contributed by atoms with Gasteiger partial charge in [0.15, 0.2) is 0 Å². The van der Waals surface area contributed by atoms with E-state index in [2.05, 4.69) is 17.6 Å². The van der Waals surface area contributed by atoms with Crippen LogP contribution in [0, 0.1) is 0 Å². The summed E-state index contributed by atoms with van der Waals surface area (Å²) >= 11 is 0. The Balaban J connectivity index is 2.36. The van der Waals surface area contributed by atoms with Crippen LogP contribution in [0.2, 0.25) is 0 Å². The van der Waals surface area contributed by atoms with E-state index in [0.717, 1.165) is 31.7 Å². The average molecular weight is 264 g/mol. The highest BCUT2D eigenvalue weighted by Crippen LogP contribution is 2.14. The van der Waals surface area contributed by atoms with Gasteiger partial charge in [-0.05, 0) is 31.9 Å². The molecule has 0 radical (unpaired) electrons. The van der Waals surface area contributed by atoms with Crippen LogP contribution in [0.25, 0.3) is 0 Å². The van der Waals surface area contributed by atoms with Gasteiger partial charge in [-0.15, -0.1) is 0 Å². The standard InChI is InChI=1S/C15H24N2O2/c1-3-11-19-12-7-10-17-15(18)13-8-5-6-9-14(13)16-4-2/h5-6,8-9,16H,3-4,7,10-12H2,1-2H3,(H,17,18). The second kappa shape index (κ2) is 9.39. The van der Waals surface area contributed by atoms with Crippen LogP contribution in [-0.4, -0.2) is 32.2 Å². The molecule has 4 nitrogen and oxygen atoms in total. The molecular formula is C15H24N2O2. The van der Waals surface area contributed by atoms with E-state index in [-0.39, 0.29) is 5.91 Å². The minimum Gasteiger partial charge on any atom is -0.385 e. The van der Waals surface area contributed by atoms with Crippen LogP contribution in [0.1, 0.15) is 37.0 Å². The first kappa shape index (κ1) is 15.5. The van der Waals surface area contributed by atoms with Gasteiger partial charge in [-0.25, -0.2) is 0 Å². The lowest BCUT2D eigenvalue weighted by Crippen LogP contribution is -2.26. The highest BCUT2D eigenvalue weighted by molar-refractivity contribution is 5.99. The van der Waals surface area contributed by atoms with Crippen LogP contribution in [-0.2, 0) is 4.74 Å². The second-order valence-electron chi connectivity index (χ2n) is 4.30. The van der Waals surface area contributed by atoms with Crippen molar-refractivity contribution >= 4 is 11.6 Å². The van der Waals surface area contributed by atoms with E-state index >= 15 is 0 Å². The molecule has 0 aliphatic carbocycles. The highest BCUT2D eigenvalue weighted by Gasteiger charge is 2.09. The fraction of sp³-hybridized carbons (Fsp3) is 0.533. The molecule has 1 rings (SSSR count). The maximum Gasteiger partial charge on any atom is 0.253 e. The van der Waals surface area contributed by atoms with E-state index in [0.29, 0.717) is 18.7 Å². The number of anilines is 1. The summed E-state index contributed by atoms with van der Waals surface area (Å²) in [4.78, 5) is 12.0. The number of amides is 1. The summed E-state index contributed by atoms with van der Waals surface area (Å²) < 4.78 is 5.37. The fourth-order valence-corrected chi connectivity index (χ4v) is 1.74. The molecule has 0 unspecified atom stereocenters. The third-order valence-electron chi connectivity index (χ3n) is 2.64. The monoisotopic (exact) mass is 264 g/mol. The van der Waals surface area contributed by atoms with Crippen LogP contribution >= 0.6 is 0 Å². The van der Waals surface area contributed by atoms with Gasteiger partial charge in [0.2, 0.25) is 0 Å². The topological polar surface area (TPSA) is 50.4 Å². The SMILES string of the molecule is CCCOCCCNC(=O)c1ccccc1NCC. The molecule has 0 aliphatic rings. The predicted octanol–water partition coefficient (Wildman–Crippen LogP) is 2.66. The van der Waals surface area contributed by atoms with E-state index in [9.17, 15) is 4.79 Å². The Morgan fingerprint density at radius 1 is 1.21 bits per heavy atom. The van der Waals surface area contributed by atoms with Crippen molar-refractivity contribution in [1.82, 2.24) is 5.32 Å². The lowest BCUT2D eigenvalue weighted by Gasteiger charge is -2.11. The molecule has 0 saturated heterocycles. The van der Waals surface area contributed by atoms with E-state index in [1.54, 1.807) is 0 Å². The zero-order chi connectivity index (χ0) is 13.9. The van der Waals surface area contributed by atoms with Crippen molar-refractivity contribution in [2.24, 2.45) is 0 Å². The molecular weight excluding hydrogens is 240 g/mol. The van der Waals surface area contributed by atoms with Crippen molar-refractivity contribution in [1.29, 1.82) is 0 Å². The average Bonchev–Trinajstić information content (AvgIpc) is 2.43. The van der Waals surface area contributed by atoms with E-state index < -0.39 is 0 Å². The van der Waals surface area contributed by atoms with Gasteiger partial charge in [0.1, 0.15) is 0 Å². The van der Waals surface area contributed by atoms with Crippen LogP contribution in [0.4, 0.5) is 5.69 Å². The normalized spacial score (nSPS) is 10.2. The molecule has 106 valence electrons. The summed E-state index contributed by atoms with van der Waals surface area (Å²) in [6, 6.07) is 7.55. The lowest BCUT2D eigenvalue weighted by atomic mass is 10.1. The minimum atomic E-state index is -0.0351. The Labute approximate surface area is 115 Å². The third kappa shape index (κ3) is 5.75. The van der Waals surface area contributed by atoms with E-state index in [1.165, 1.54) is 0 Å². The molecule has 0 fully saturated rings. The molecule has 2 N–H and O–H groups in total. The second-order valence-corrected chi connectivity index (χ2v) is 4.30. The summed E-state index contributed by atoms with van der Waals surface area (Å²) in [6.07, 6.45) is 1.87. The number of rotatable bonds is 9. The summed E-state index contributed by atoms with van der Waals surface area (Å²) in [5.74, 6) is -0.0351. The number of hydrogen-bond acceptors (Lipinski definition) is 3. The van der Waals surface area contributed by atoms with Crippen molar-refractivity contribution in [3.05, 3.63) is 29.8 Å². The summed E-state index contributed by atoms with van der Waals surface area (Å²) in [5, 5.41) is 6.11. The van der Waals surface area contributed by atoms with Crippen LogP contribution in [0.5, 0.6) is 0 Å². The van der Waals surface area contributed by atoms with Crippen molar-refractivity contribution < 1.29 is 9.53 Å². The van der Waals surface area contributed by atoms with E-state index in [1.807, 2.05) is 31.2 Å². The molecule has 0 atom stereocenters. The van der Waals surface area contributed by atoms with Gasteiger partial charge in [0.25, 0.3) is 5.91 Å². The Morgan fingerprint density at radius 2 is 2.00 bits per heavy atom. The molecule has 1 aromatic carbocycles. The molecule has 0 bridgehead atoms. The Hall–Kier alpha value is -1.55. The summed E-state index contributed by atoms with van der Waals surface area (Å²) in [6.45, 7) is 7.03. The smallest absolute Gasteiger partial charge is 0.253 e. The molecule has 0 aromatic heterocycles. The third-order valence-corrected chi connectivity index (χ3v) is 2.64. The number of carbonyl (C=O) groups excluding carboxylic acids is 1. The number of nitrogens with one attached hydrogen (secondary N) is 2. The molecule has 0 saturated carbocycles. The molecule has 1 amide bonds. The maximum atomic E-state index is 12.0. The first-order valence-electron chi connectivity index (χ1n) is 6.98. The van der Waals surface area contributed by atoms with Gasteiger partial charge < -0.3 is 15.4 Å². The van der Waals surface area contributed by atoms with Gasteiger partial charge in [0.05, 0.1) is 5.56 Å². The van der Waals surface area contributed by atoms with Crippen LogP contribution in [0.3, 0.4) is 0 Å². The van der Waals surface area contributed by atoms with Crippen LogP contribution < -0.4 is 10.6 Å². The number of hydrogen-bond donors (Lipinski definition) is 2. The van der Waals surface area contributed by atoms with Crippen molar-refractivity contribution in [2.45, 2.75) is 26.7 Å². The van der Waals surface area contributed by atoms with Gasteiger partial charge in [-0.3, -0.25) is 4.79 Å². The highest BCUT2D eigenvalue weighted by atomic mass is 16.5. The lowest BCUT2D eigenvalue weighted by molar-refractivity contribution is 0.0942. The first-order chi connectivity index (χ1) is 9.29. The molecule has 1 aromatic rings. The maximum absolute atomic E-state index is 12.0. The van der Waals surface area contributed by atoms with Gasteiger partial charge in [-0.1, -0.05) is 19.1 Å². The predicted molar refractivity (Wildman–Crippen MR) is 78.7 cm³/mol. The summed E-state index contributed by atoms with van der Waals surface area (Å²) in [5.41, 5.74) is 1.57. The van der Waals surface area contributed by atoms with Gasteiger partial charge in [0, 0.05) is 32.0 Å². The number of ether oxygens (including phenoxy) is 1. The minimum absolute atomic E-state index is 0.0351. The van der Waals surface area contributed by atoms with Gasteiger partial charge in [-0.2, -0.15) is 0 Å². The van der Waals surface area contributed by atoms with Gasteiger partial charge >= 0.3 is 0 Å². The largest absolute Gasteiger partial charge is 0.385 e. The quantitative estimate of drug-likeness (QED) is 0.674. The van der Waals surface area contributed by atoms with Crippen molar-refractivity contribution in [3.63, 3.8) is 0 Å². The fourth-order valence-electron chi connectivity index (χ4n) is 1.74. The van der Waals surface area contributed by atoms with E-state index in [4.69, 9.17) is 4.74 Å². The Morgan fingerprint density at radius 3 is 2.74 bits per heavy atom. The van der Waals surface area contributed by atoms with Crippen LogP contribution in [0.15, 0.2) is 24.3 Å². The Kier molecular flexibility index (Phi) is 7.66. The zero-order valence-electron chi connectivity index (χ0n) is 11.9. The van der Waals surface area contributed by atoms with Crippen molar-refractivity contribution in [3.8, 4) is 0 Å². The zero-order valence-corrected chi connectivity index (χ0v) is 11.9. The number of carbonyl (C=O) groups is 1. The van der Waals surface area contributed by atoms with Crippen molar-refractivity contribution in [2.75, 3.05) is 31.6 Å². The first-order valence-corrected chi connectivity index (χ1v) is 6.98. The molecule has 0 aliphatic heterocycles. The Bertz CT molecular complexity index is 380. The molecule has 4 heteroatoms. The summed E-state index contributed by atoms with van der Waals surface area (Å²) in [7, 11) is 0. The number of benzene rings is 1.